The van der Waals surface area contributed by atoms with E-state index in [0.29, 0.717) is 17.0 Å². The van der Waals surface area contributed by atoms with Gasteiger partial charge in [-0.05, 0) is 56.0 Å². The summed E-state index contributed by atoms with van der Waals surface area (Å²) in [6.45, 7) is 4.41. The first-order valence-corrected chi connectivity index (χ1v) is 7.29. The van der Waals surface area contributed by atoms with Crippen LogP contribution in [0.4, 0.5) is 8.78 Å². The zero-order valence-corrected chi connectivity index (χ0v) is 11.5. The van der Waals surface area contributed by atoms with E-state index in [9.17, 15) is 8.78 Å². The van der Waals surface area contributed by atoms with Gasteiger partial charge in [0, 0.05) is 11.6 Å². The molecular weight excluding hydrogens is 244 g/mol. The predicted molar refractivity (Wildman–Crippen MR) is 71.8 cm³/mol. The van der Waals surface area contributed by atoms with Crippen molar-refractivity contribution in [1.82, 2.24) is 5.32 Å². The van der Waals surface area contributed by atoms with Crippen molar-refractivity contribution in [3.63, 3.8) is 0 Å². The Morgan fingerprint density at radius 3 is 2.47 bits per heavy atom. The van der Waals surface area contributed by atoms with Crippen LogP contribution in [0.2, 0.25) is 0 Å². The molecule has 0 aromatic heterocycles. The third-order valence-electron chi connectivity index (χ3n) is 4.82. The summed E-state index contributed by atoms with van der Waals surface area (Å²) in [6, 6.07) is 3.41. The van der Waals surface area contributed by atoms with Crippen molar-refractivity contribution < 1.29 is 8.78 Å². The molecule has 0 radical (unpaired) electrons. The van der Waals surface area contributed by atoms with E-state index in [4.69, 9.17) is 0 Å². The van der Waals surface area contributed by atoms with E-state index < -0.39 is 11.6 Å². The smallest absolute Gasteiger partial charge is 0.163 e. The standard InChI is InChI=1S/C16H21F2N/c1-3-19-16(12-7-10-6-11(10)8-12)13-5-4-9(2)14(17)15(13)18/h4-5,10-12,16,19H,3,6-8H2,1-2H3. The van der Waals surface area contributed by atoms with Crippen LogP contribution in [-0.4, -0.2) is 6.54 Å². The number of hydrogen-bond acceptors (Lipinski definition) is 1. The fourth-order valence-corrected chi connectivity index (χ4v) is 3.69. The van der Waals surface area contributed by atoms with Crippen LogP contribution in [0, 0.1) is 36.3 Å². The highest BCUT2D eigenvalue weighted by Gasteiger charge is 2.48. The van der Waals surface area contributed by atoms with Gasteiger partial charge in [0.15, 0.2) is 11.6 Å². The molecule has 1 N–H and O–H groups in total. The first-order valence-electron chi connectivity index (χ1n) is 7.29. The topological polar surface area (TPSA) is 12.0 Å². The molecule has 0 aliphatic heterocycles. The molecule has 0 saturated heterocycles. The Hall–Kier alpha value is -0.960. The van der Waals surface area contributed by atoms with Gasteiger partial charge in [-0.15, -0.1) is 0 Å². The molecule has 2 aliphatic carbocycles. The van der Waals surface area contributed by atoms with Gasteiger partial charge >= 0.3 is 0 Å². The van der Waals surface area contributed by atoms with E-state index in [1.165, 1.54) is 6.42 Å². The molecule has 104 valence electrons. The molecule has 3 rings (SSSR count). The van der Waals surface area contributed by atoms with Gasteiger partial charge in [-0.2, -0.15) is 0 Å². The summed E-state index contributed by atoms with van der Waals surface area (Å²) >= 11 is 0. The second-order valence-electron chi connectivity index (χ2n) is 6.12. The van der Waals surface area contributed by atoms with Gasteiger partial charge in [-0.25, -0.2) is 8.78 Å². The molecule has 2 fully saturated rings. The fraction of sp³-hybridized carbons (Fsp3) is 0.625. The Kier molecular flexibility index (Phi) is 3.34. The average molecular weight is 265 g/mol. The van der Waals surface area contributed by atoms with Crippen molar-refractivity contribution in [3.8, 4) is 0 Å². The Labute approximate surface area is 113 Å². The molecule has 1 aromatic carbocycles. The lowest BCUT2D eigenvalue weighted by Crippen LogP contribution is -2.29. The maximum Gasteiger partial charge on any atom is 0.163 e. The van der Waals surface area contributed by atoms with Gasteiger partial charge in [-0.1, -0.05) is 19.1 Å². The molecule has 3 atom stereocenters. The van der Waals surface area contributed by atoms with E-state index in [1.807, 2.05) is 6.92 Å². The summed E-state index contributed by atoms with van der Waals surface area (Å²) in [4.78, 5) is 0. The Morgan fingerprint density at radius 2 is 1.84 bits per heavy atom. The zero-order chi connectivity index (χ0) is 13.6. The molecule has 1 nitrogen and oxygen atoms in total. The highest BCUT2D eigenvalue weighted by Crippen LogP contribution is 2.57. The number of rotatable bonds is 4. The lowest BCUT2D eigenvalue weighted by atomic mass is 9.88. The highest BCUT2D eigenvalue weighted by molar-refractivity contribution is 5.29. The monoisotopic (exact) mass is 265 g/mol. The van der Waals surface area contributed by atoms with Crippen molar-refractivity contribution in [1.29, 1.82) is 0 Å². The number of aryl methyl sites for hydroxylation is 1. The number of fused-ring (bicyclic) bond motifs is 1. The summed E-state index contributed by atoms with van der Waals surface area (Å²) < 4.78 is 27.9. The molecule has 0 amide bonds. The second-order valence-corrected chi connectivity index (χ2v) is 6.12. The van der Waals surface area contributed by atoms with E-state index in [-0.39, 0.29) is 6.04 Å². The Morgan fingerprint density at radius 1 is 1.16 bits per heavy atom. The number of hydrogen-bond donors (Lipinski definition) is 1. The minimum absolute atomic E-state index is 0.0344. The van der Waals surface area contributed by atoms with Crippen LogP contribution in [0.5, 0.6) is 0 Å². The average Bonchev–Trinajstić information content (AvgIpc) is 3.01. The summed E-state index contributed by atoms with van der Waals surface area (Å²) in [5.74, 6) is 0.810. The number of benzene rings is 1. The van der Waals surface area contributed by atoms with Gasteiger partial charge in [0.2, 0.25) is 0 Å². The van der Waals surface area contributed by atoms with E-state index in [2.05, 4.69) is 5.32 Å². The molecule has 2 saturated carbocycles. The minimum Gasteiger partial charge on any atom is -0.310 e. The molecule has 2 aliphatic rings. The van der Waals surface area contributed by atoms with E-state index >= 15 is 0 Å². The van der Waals surface area contributed by atoms with Crippen molar-refractivity contribution in [3.05, 3.63) is 34.9 Å². The summed E-state index contributed by atoms with van der Waals surface area (Å²) in [7, 11) is 0. The van der Waals surface area contributed by atoms with Gasteiger partial charge < -0.3 is 5.32 Å². The minimum atomic E-state index is -0.691. The molecule has 0 spiro atoms. The van der Waals surface area contributed by atoms with Crippen molar-refractivity contribution in [2.45, 2.75) is 39.2 Å². The summed E-state index contributed by atoms with van der Waals surface area (Å²) in [5.41, 5.74) is 0.891. The van der Waals surface area contributed by atoms with Crippen molar-refractivity contribution in [2.75, 3.05) is 6.54 Å². The number of halogens is 2. The molecule has 1 aromatic rings. The SMILES string of the molecule is CCNC(c1ccc(C)c(F)c1F)C1CC2CC2C1. The van der Waals surface area contributed by atoms with Crippen LogP contribution in [-0.2, 0) is 0 Å². The predicted octanol–water partition coefficient (Wildman–Crippen LogP) is 3.97. The third-order valence-corrected chi connectivity index (χ3v) is 4.82. The summed E-state index contributed by atoms with van der Waals surface area (Å²) in [6.07, 6.45) is 3.68. The maximum absolute atomic E-state index is 14.2. The lowest BCUT2D eigenvalue weighted by Gasteiger charge is -2.26. The second kappa shape index (κ2) is 4.86. The maximum atomic E-state index is 14.2. The number of nitrogens with one attached hydrogen (secondary N) is 1. The van der Waals surface area contributed by atoms with Crippen molar-refractivity contribution >= 4 is 0 Å². The van der Waals surface area contributed by atoms with Crippen molar-refractivity contribution in [2.24, 2.45) is 17.8 Å². The molecular formula is C16H21F2N. The van der Waals surface area contributed by atoms with Crippen LogP contribution in [0.1, 0.15) is 43.4 Å². The van der Waals surface area contributed by atoms with Crippen LogP contribution in [0.25, 0.3) is 0 Å². The fourth-order valence-electron chi connectivity index (χ4n) is 3.69. The zero-order valence-electron chi connectivity index (χ0n) is 11.5. The first kappa shape index (κ1) is 13.0. The highest BCUT2D eigenvalue weighted by atomic mass is 19.2. The normalized spacial score (nSPS) is 30.2. The van der Waals surface area contributed by atoms with Crippen LogP contribution in [0.15, 0.2) is 12.1 Å². The van der Waals surface area contributed by atoms with Gasteiger partial charge in [-0.3, -0.25) is 0 Å². The van der Waals surface area contributed by atoms with Crippen LogP contribution < -0.4 is 5.32 Å². The molecule has 0 heterocycles. The summed E-state index contributed by atoms with van der Waals surface area (Å²) in [5, 5.41) is 3.36. The van der Waals surface area contributed by atoms with Gasteiger partial charge in [0.25, 0.3) is 0 Å². The van der Waals surface area contributed by atoms with E-state index in [0.717, 1.165) is 31.2 Å². The quantitative estimate of drug-likeness (QED) is 0.868. The Bertz CT molecular complexity index is 476. The van der Waals surface area contributed by atoms with Gasteiger partial charge in [0.05, 0.1) is 0 Å². The molecule has 3 unspecified atom stereocenters. The third kappa shape index (κ3) is 2.29. The van der Waals surface area contributed by atoms with Crippen LogP contribution in [0.3, 0.4) is 0 Å². The molecule has 3 heteroatoms. The molecule has 0 bridgehead atoms. The largest absolute Gasteiger partial charge is 0.310 e. The molecule has 19 heavy (non-hydrogen) atoms. The lowest BCUT2D eigenvalue weighted by molar-refractivity contribution is 0.333. The van der Waals surface area contributed by atoms with Gasteiger partial charge in [0.1, 0.15) is 0 Å². The Balaban J connectivity index is 1.89. The van der Waals surface area contributed by atoms with Crippen LogP contribution >= 0.6 is 0 Å². The van der Waals surface area contributed by atoms with E-state index in [1.54, 1.807) is 19.1 Å². The first-order chi connectivity index (χ1) is 9.11.